The largest absolute Gasteiger partial charge is 0.363 e. The quantitative estimate of drug-likeness (QED) is 0.646. The maximum Gasteiger partial charge on any atom is 0.231 e. The van der Waals surface area contributed by atoms with Crippen LogP contribution in [0.25, 0.3) is 0 Å². The predicted molar refractivity (Wildman–Crippen MR) is 126 cm³/mol. The van der Waals surface area contributed by atoms with E-state index in [1.165, 1.54) is 0 Å². The van der Waals surface area contributed by atoms with Crippen molar-refractivity contribution < 1.29 is 9.53 Å². The molecule has 0 saturated carbocycles. The molecule has 32 heavy (non-hydrogen) atoms. The molecule has 7 nitrogen and oxygen atoms in total. The van der Waals surface area contributed by atoms with Gasteiger partial charge in [0.1, 0.15) is 18.2 Å². The topological polar surface area (TPSA) is 70.6 Å². The first-order valence-corrected chi connectivity index (χ1v) is 11.5. The van der Waals surface area contributed by atoms with Gasteiger partial charge in [-0.3, -0.25) is 4.79 Å². The molecule has 1 unspecified atom stereocenters. The van der Waals surface area contributed by atoms with Crippen LogP contribution in [0.3, 0.4) is 0 Å². The fourth-order valence-corrected chi connectivity index (χ4v) is 4.40. The normalized spacial score (nSPS) is 19.2. The number of anilines is 1. The molecule has 0 radical (unpaired) electrons. The minimum Gasteiger partial charge on any atom is -0.363 e. The summed E-state index contributed by atoms with van der Waals surface area (Å²) in [5, 5.41) is 4.09. The molecule has 1 fully saturated rings. The third kappa shape index (κ3) is 4.80. The molecule has 1 N–H and O–H groups in total. The number of amides is 1. The van der Waals surface area contributed by atoms with Gasteiger partial charge in [-0.25, -0.2) is 9.97 Å². The van der Waals surface area contributed by atoms with Crippen LogP contribution in [0, 0.1) is 0 Å². The Morgan fingerprint density at radius 1 is 1.25 bits per heavy atom. The van der Waals surface area contributed by atoms with Crippen molar-refractivity contribution >= 4 is 23.3 Å². The van der Waals surface area contributed by atoms with Crippen molar-refractivity contribution in [3.8, 4) is 0 Å². The van der Waals surface area contributed by atoms with Crippen molar-refractivity contribution in [1.29, 1.82) is 0 Å². The van der Waals surface area contributed by atoms with Crippen LogP contribution in [0.2, 0.25) is 5.02 Å². The van der Waals surface area contributed by atoms with Gasteiger partial charge in [0.15, 0.2) is 0 Å². The van der Waals surface area contributed by atoms with E-state index >= 15 is 0 Å². The standard InChI is InChI=1S/C24H30ClN5O2/c1-4-21-22-20(14-32-21)27-15-28-23(22)29-9-11-30(12-10-29)24(31)19(13-26-16(2)3)17-5-7-18(25)8-6-17/h4-8,15-16,19,21,26H,1,9-14H2,2-3H3/t19?,21-/m1/s1. The second kappa shape index (κ2) is 9.98. The first kappa shape index (κ1) is 22.7. The Morgan fingerprint density at radius 3 is 2.62 bits per heavy atom. The van der Waals surface area contributed by atoms with Crippen LogP contribution in [-0.2, 0) is 16.1 Å². The van der Waals surface area contributed by atoms with Gasteiger partial charge in [-0.15, -0.1) is 6.58 Å². The molecule has 170 valence electrons. The molecule has 0 bridgehead atoms. The highest BCUT2D eigenvalue weighted by Gasteiger charge is 2.32. The number of hydrogen-bond donors (Lipinski definition) is 1. The molecule has 0 aliphatic carbocycles. The van der Waals surface area contributed by atoms with Crippen LogP contribution in [0.5, 0.6) is 0 Å². The zero-order valence-corrected chi connectivity index (χ0v) is 19.4. The Morgan fingerprint density at radius 2 is 1.97 bits per heavy atom. The fraction of sp³-hybridized carbons (Fsp3) is 0.458. The lowest BCUT2D eigenvalue weighted by molar-refractivity contribution is -0.133. The van der Waals surface area contributed by atoms with Gasteiger partial charge in [0, 0.05) is 43.8 Å². The zero-order chi connectivity index (χ0) is 22.7. The number of nitrogens with zero attached hydrogens (tertiary/aromatic N) is 4. The summed E-state index contributed by atoms with van der Waals surface area (Å²) >= 11 is 6.07. The number of benzene rings is 1. The first-order valence-electron chi connectivity index (χ1n) is 11.1. The molecule has 2 aliphatic rings. The highest BCUT2D eigenvalue weighted by Crippen LogP contribution is 2.36. The second-order valence-corrected chi connectivity index (χ2v) is 8.94. The molecular formula is C24H30ClN5O2. The average Bonchev–Trinajstić information content (AvgIpc) is 3.23. The summed E-state index contributed by atoms with van der Waals surface area (Å²) in [4.78, 5) is 26.6. The second-order valence-electron chi connectivity index (χ2n) is 8.50. The summed E-state index contributed by atoms with van der Waals surface area (Å²) < 4.78 is 5.77. The van der Waals surface area contributed by atoms with E-state index in [1.54, 1.807) is 12.4 Å². The van der Waals surface area contributed by atoms with E-state index in [2.05, 4.69) is 40.6 Å². The van der Waals surface area contributed by atoms with Crippen molar-refractivity contribution in [2.75, 3.05) is 37.6 Å². The van der Waals surface area contributed by atoms with Crippen molar-refractivity contribution in [2.45, 2.75) is 38.5 Å². The number of rotatable bonds is 7. The monoisotopic (exact) mass is 455 g/mol. The van der Waals surface area contributed by atoms with Crippen LogP contribution >= 0.6 is 11.6 Å². The van der Waals surface area contributed by atoms with Crippen molar-refractivity contribution in [2.24, 2.45) is 0 Å². The minimum absolute atomic E-state index is 0.139. The zero-order valence-electron chi connectivity index (χ0n) is 18.6. The van der Waals surface area contributed by atoms with Crippen LogP contribution in [0.4, 0.5) is 5.82 Å². The van der Waals surface area contributed by atoms with Crippen LogP contribution in [-0.4, -0.2) is 59.5 Å². The lowest BCUT2D eigenvalue weighted by Crippen LogP contribution is -2.51. The SMILES string of the molecule is C=C[C@H]1OCc2ncnc(N3CCN(C(=O)C(CNC(C)C)c4ccc(Cl)cc4)CC3)c21. The fourth-order valence-electron chi connectivity index (χ4n) is 4.27. The summed E-state index contributed by atoms with van der Waals surface area (Å²) in [7, 11) is 0. The lowest BCUT2D eigenvalue weighted by atomic mass is 9.96. The van der Waals surface area contributed by atoms with Gasteiger partial charge in [-0.05, 0) is 17.7 Å². The van der Waals surface area contributed by atoms with E-state index < -0.39 is 0 Å². The predicted octanol–water partition coefficient (Wildman–Crippen LogP) is 3.32. The Hall–Kier alpha value is -2.48. The number of halogens is 1. The Bertz CT molecular complexity index is 957. The molecule has 4 rings (SSSR count). The maximum absolute atomic E-state index is 13.5. The van der Waals surface area contributed by atoms with E-state index in [-0.39, 0.29) is 17.9 Å². The third-order valence-corrected chi connectivity index (χ3v) is 6.29. The Balaban J connectivity index is 1.47. The molecule has 2 aromatic rings. The Kier molecular flexibility index (Phi) is 7.08. The molecule has 1 aromatic heterocycles. The number of carbonyl (C=O) groups excluding carboxylic acids is 1. The molecule has 0 spiro atoms. The molecule has 2 atom stereocenters. The van der Waals surface area contributed by atoms with Crippen molar-refractivity contribution in [3.05, 3.63) is 65.1 Å². The van der Waals surface area contributed by atoms with Crippen LogP contribution in [0.15, 0.2) is 43.2 Å². The van der Waals surface area contributed by atoms with Crippen molar-refractivity contribution in [1.82, 2.24) is 20.2 Å². The third-order valence-electron chi connectivity index (χ3n) is 6.04. The van der Waals surface area contributed by atoms with Crippen LogP contribution in [0.1, 0.15) is 42.7 Å². The molecule has 1 amide bonds. The number of fused-ring (bicyclic) bond motifs is 1. The average molecular weight is 456 g/mol. The molecule has 1 aromatic carbocycles. The molecular weight excluding hydrogens is 426 g/mol. The first-order chi connectivity index (χ1) is 15.5. The molecule has 8 heteroatoms. The number of nitrogens with one attached hydrogen (secondary N) is 1. The number of aromatic nitrogens is 2. The van der Waals surface area contributed by atoms with Gasteiger partial charge in [0.2, 0.25) is 5.91 Å². The van der Waals surface area contributed by atoms with Gasteiger partial charge in [0.25, 0.3) is 0 Å². The molecule has 3 heterocycles. The van der Waals surface area contributed by atoms with Crippen LogP contribution < -0.4 is 10.2 Å². The summed E-state index contributed by atoms with van der Waals surface area (Å²) in [6, 6.07) is 7.89. The van der Waals surface area contributed by atoms with Gasteiger partial charge in [0.05, 0.1) is 23.8 Å². The highest BCUT2D eigenvalue weighted by atomic mass is 35.5. The summed E-state index contributed by atoms with van der Waals surface area (Å²) in [6.07, 6.45) is 3.20. The van der Waals surface area contributed by atoms with Gasteiger partial charge < -0.3 is 19.9 Å². The van der Waals surface area contributed by atoms with Crippen molar-refractivity contribution in [3.63, 3.8) is 0 Å². The maximum atomic E-state index is 13.5. The Labute approximate surface area is 194 Å². The van der Waals surface area contributed by atoms with E-state index in [1.807, 2.05) is 29.2 Å². The molecule has 2 aliphatic heterocycles. The van der Waals surface area contributed by atoms with Gasteiger partial charge in [-0.2, -0.15) is 0 Å². The van der Waals surface area contributed by atoms with E-state index in [0.29, 0.717) is 50.4 Å². The summed E-state index contributed by atoms with van der Waals surface area (Å²) in [5.74, 6) is 0.781. The molecule has 1 saturated heterocycles. The van der Waals surface area contributed by atoms with Gasteiger partial charge in [-0.1, -0.05) is 43.7 Å². The highest BCUT2D eigenvalue weighted by molar-refractivity contribution is 6.30. The lowest BCUT2D eigenvalue weighted by Gasteiger charge is -2.38. The van der Waals surface area contributed by atoms with Gasteiger partial charge >= 0.3 is 0 Å². The van der Waals surface area contributed by atoms with E-state index in [9.17, 15) is 4.79 Å². The van der Waals surface area contributed by atoms with E-state index in [0.717, 1.165) is 22.6 Å². The summed E-state index contributed by atoms with van der Waals surface area (Å²) in [6.45, 7) is 11.8. The van der Waals surface area contributed by atoms with E-state index in [4.69, 9.17) is 16.3 Å². The summed E-state index contributed by atoms with van der Waals surface area (Å²) in [5.41, 5.74) is 2.90. The smallest absolute Gasteiger partial charge is 0.231 e. The minimum atomic E-state index is -0.247. The number of carbonyl (C=O) groups is 1. The number of ether oxygens (including phenoxy) is 1. The number of hydrogen-bond acceptors (Lipinski definition) is 6. The number of piperazine rings is 1.